The normalized spacial score (nSPS) is 10.4. The molecule has 12 heavy (non-hydrogen) atoms. The summed E-state index contributed by atoms with van der Waals surface area (Å²) in [6.07, 6.45) is 0. The van der Waals surface area contributed by atoms with Gasteiger partial charge in [0.25, 0.3) is 0 Å². The molecule has 0 aliphatic rings. The van der Waals surface area contributed by atoms with Crippen molar-refractivity contribution in [1.29, 1.82) is 0 Å². The minimum absolute atomic E-state index is 0.814. The summed E-state index contributed by atoms with van der Waals surface area (Å²) in [5, 5.41) is 4.64. The lowest BCUT2D eigenvalue weighted by atomic mass is 10.4. The molecule has 4 nitrogen and oxygen atoms in total. The second-order valence-electron chi connectivity index (χ2n) is 3.02. The zero-order valence-corrected chi connectivity index (χ0v) is 8.30. The molecular formula is C8H20N4. The lowest BCUT2D eigenvalue weighted by molar-refractivity contribution is 0.314. The topological polar surface area (TPSA) is 44.5 Å². The molecule has 0 saturated carbocycles. The van der Waals surface area contributed by atoms with Crippen molar-refractivity contribution >= 4 is 0 Å². The first-order valence-corrected chi connectivity index (χ1v) is 4.07. The fourth-order valence-electron chi connectivity index (χ4n) is 0.805. The maximum absolute atomic E-state index is 5.50. The third kappa shape index (κ3) is 5.12. The van der Waals surface area contributed by atoms with Gasteiger partial charge in [0.05, 0.1) is 0 Å². The molecule has 0 aromatic rings. The van der Waals surface area contributed by atoms with Crippen LogP contribution in [0.15, 0.2) is 12.3 Å². The number of nitrogens with two attached hydrogens (primary N) is 1. The third-order valence-corrected chi connectivity index (χ3v) is 1.69. The molecule has 0 unspecified atom stereocenters. The summed E-state index contributed by atoms with van der Waals surface area (Å²) in [5.74, 6) is 5.50. The van der Waals surface area contributed by atoms with Crippen molar-refractivity contribution < 1.29 is 0 Å². The average Bonchev–Trinajstić information content (AvgIpc) is 2.00. The van der Waals surface area contributed by atoms with Crippen molar-refractivity contribution in [2.75, 3.05) is 40.8 Å². The van der Waals surface area contributed by atoms with Crippen LogP contribution >= 0.6 is 0 Å². The van der Waals surface area contributed by atoms with Crippen molar-refractivity contribution in [2.45, 2.75) is 0 Å². The van der Waals surface area contributed by atoms with Gasteiger partial charge < -0.3 is 10.3 Å². The highest BCUT2D eigenvalue weighted by atomic mass is 15.4. The molecule has 0 heterocycles. The van der Waals surface area contributed by atoms with Crippen LogP contribution in [-0.2, 0) is 0 Å². The predicted molar refractivity (Wildman–Crippen MR) is 52.5 cm³/mol. The van der Waals surface area contributed by atoms with Crippen LogP contribution < -0.4 is 11.2 Å². The van der Waals surface area contributed by atoms with Crippen LogP contribution in [0.3, 0.4) is 0 Å². The number of likely N-dealkylation sites (N-methyl/N-ethyl adjacent to an activating group) is 3. The molecule has 0 radical (unpaired) electrons. The van der Waals surface area contributed by atoms with Gasteiger partial charge in [-0.1, -0.05) is 6.58 Å². The smallest absolute Gasteiger partial charge is 0.0389 e. The van der Waals surface area contributed by atoms with Crippen LogP contribution in [0, 0.1) is 0 Å². The van der Waals surface area contributed by atoms with E-state index in [0.29, 0.717) is 0 Å². The minimum atomic E-state index is 0.814. The predicted octanol–water partition coefficient (Wildman–Crippen LogP) is -0.543. The number of hydrazine groups is 1. The molecule has 72 valence electrons. The molecular weight excluding hydrogens is 152 g/mol. The first-order chi connectivity index (χ1) is 5.57. The van der Waals surface area contributed by atoms with Gasteiger partial charge in [-0.15, -0.1) is 0 Å². The third-order valence-electron chi connectivity index (χ3n) is 1.69. The van der Waals surface area contributed by atoms with Gasteiger partial charge in [-0.05, 0) is 14.1 Å². The van der Waals surface area contributed by atoms with E-state index in [1.807, 2.05) is 14.1 Å². The van der Waals surface area contributed by atoms with E-state index in [1.54, 1.807) is 12.1 Å². The lowest BCUT2D eigenvalue weighted by Crippen LogP contribution is -2.35. The lowest BCUT2D eigenvalue weighted by Gasteiger charge is -2.21. The molecule has 0 aromatic heterocycles. The quantitative estimate of drug-likeness (QED) is 0.417. The highest BCUT2D eigenvalue weighted by Gasteiger charge is 2.01. The second kappa shape index (κ2) is 5.99. The van der Waals surface area contributed by atoms with Gasteiger partial charge in [-0.25, -0.2) is 5.84 Å². The SMILES string of the molecule is C=C(CN(C)CCNC)N(C)N. The fourth-order valence-corrected chi connectivity index (χ4v) is 0.805. The number of rotatable bonds is 6. The number of hydrogen-bond acceptors (Lipinski definition) is 4. The molecule has 0 bridgehead atoms. The maximum atomic E-state index is 5.50. The average molecular weight is 172 g/mol. The van der Waals surface area contributed by atoms with Crippen LogP contribution in [-0.4, -0.2) is 50.7 Å². The van der Waals surface area contributed by atoms with E-state index in [-0.39, 0.29) is 0 Å². The Bertz CT molecular complexity index is 133. The molecule has 0 aliphatic heterocycles. The highest BCUT2D eigenvalue weighted by Crippen LogP contribution is 1.94. The van der Waals surface area contributed by atoms with Crippen molar-refractivity contribution in [3.05, 3.63) is 12.3 Å². The summed E-state index contributed by atoms with van der Waals surface area (Å²) < 4.78 is 0. The molecule has 0 rings (SSSR count). The number of nitrogens with zero attached hydrogens (tertiary/aromatic N) is 2. The largest absolute Gasteiger partial charge is 0.318 e. The first kappa shape index (κ1) is 11.4. The second-order valence-corrected chi connectivity index (χ2v) is 3.02. The van der Waals surface area contributed by atoms with Crippen molar-refractivity contribution in [3.63, 3.8) is 0 Å². The van der Waals surface area contributed by atoms with E-state index in [0.717, 1.165) is 25.3 Å². The summed E-state index contributed by atoms with van der Waals surface area (Å²) >= 11 is 0. The van der Waals surface area contributed by atoms with Crippen molar-refractivity contribution in [3.8, 4) is 0 Å². The van der Waals surface area contributed by atoms with Gasteiger partial charge in [0.1, 0.15) is 0 Å². The van der Waals surface area contributed by atoms with Crippen LogP contribution in [0.5, 0.6) is 0 Å². The first-order valence-electron chi connectivity index (χ1n) is 4.07. The molecule has 0 fully saturated rings. The standard InChI is InChI=1S/C8H20N4/c1-8(12(4)9)7-11(3)6-5-10-2/h10H,1,5-7,9H2,2-4H3. The van der Waals surface area contributed by atoms with Gasteiger partial charge >= 0.3 is 0 Å². The van der Waals surface area contributed by atoms with E-state index < -0.39 is 0 Å². The Morgan fingerprint density at radius 3 is 2.50 bits per heavy atom. The van der Waals surface area contributed by atoms with Crippen molar-refractivity contribution in [1.82, 2.24) is 15.2 Å². The zero-order chi connectivity index (χ0) is 9.56. The van der Waals surface area contributed by atoms with Gasteiger partial charge in [0, 0.05) is 32.4 Å². The Morgan fingerprint density at radius 1 is 1.50 bits per heavy atom. The van der Waals surface area contributed by atoms with Gasteiger partial charge in [0.2, 0.25) is 0 Å². The summed E-state index contributed by atoms with van der Waals surface area (Å²) in [5.41, 5.74) is 0.925. The monoisotopic (exact) mass is 172 g/mol. The van der Waals surface area contributed by atoms with E-state index in [2.05, 4.69) is 16.8 Å². The Hall–Kier alpha value is -0.580. The molecule has 0 atom stereocenters. The van der Waals surface area contributed by atoms with Crippen LogP contribution in [0.2, 0.25) is 0 Å². The molecule has 3 N–H and O–H groups in total. The Labute approximate surface area is 75.0 Å². The summed E-state index contributed by atoms with van der Waals surface area (Å²) in [7, 11) is 5.79. The Balaban J connectivity index is 3.54. The Kier molecular flexibility index (Phi) is 5.70. The maximum Gasteiger partial charge on any atom is 0.0389 e. The van der Waals surface area contributed by atoms with Gasteiger partial charge in [0.15, 0.2) is 0 Å². The Morgan fingerprint density at radius 2 is 2.08 bits per heavy atom. The minimum Gasteiger partial charge on any atom is -0.318 e. The van der Waals surface area contributed by atoms with Crippen molar-refractivity contribution in [2.24, 2.45) is 5.84 Å². The van der Waals surface area contributed by atoms with Gasteiger partial charge in [-0.3, -0.25) is 4.90 Å². The molecule has 4 heteroatoms. The van der Waals surface area contributed by atoms with E-state index in [1.165, 1.54) is 0 Å². The van der Waals surface area contributed by atoms with E-state index in [4.69, 9.17) is 5.84 Å². The van der Waals surface area contributed by atoms with Gasteiger partial charge in [-0.2, -0.15) is 0 Å². The highest BCUT2D eigenvalue weighted by molar-refractivity contribution is 4.92. The van der Waals surface area contributed by atoms with Crippen LogP contribution in [0.4, 0.5) is 0 Å². The van der Waals surface area contributed by atoms with Crippen LogP contribution in [0.25, 0.3) is 0 Å². The summed E-state index contributed by atoms with van der Waals surface area (Å²) in [6, 6.07) is 0. The molecule has 0 spiro atoms. The fraction of sp³-hybridized carbons (Fsp3) is 0.750. The van der Waals surface area contributed by atoms with E-state index >= 15 is 0 Å². The number of hydrogen-bond donors (Lipinski definition) is 2. The summed E-state index contributed by atoms with van der Waals surface area (Å²) in [4.78, 5) is 2.17. The zero-order valence-electron chi connectivity index (χ0n) is 8.30. The van der Waals surface area contributed by atoms with E-state index in [9.17, 15) is 0 Å². The summed E-state index contributed by atoms with van der Waals surface area (Å²) in [6.45, 7) is 6.64. The molecule has 0 amide bonds. The number of nitrogens with one attached hydrogen (secondary N) is 1. The van der Waals surface area contributed by atoms with Crippen LogP contribution in [0.1, 0.15) is 0 Å². The molecule has 0 saturated heterocycles. The molecule has 0 aromatic carbocycles. The molecule has 0 aliphatic carbocycles.